The number of halogens is 1. The van der Waals surface area contributed by atoms with Crippen molar-refractivity contribution in [3.63, 3.8) is 0 Å². The van der Waals surface area contributed by atoms with Crippen molar-refractivity contribution in [3.8, 4) is 11.5 Å². The summed E-state index contributed by atoms with van der Waals surface area (Å²) >= 11 is 0. The van der Waals surface area contributed by atoms with Crippen molar-refractivity contribution in [2.24, 2.45) is 0 Å². The maximum atomic E-state index is 14.0. The van der Waals surface area contributed by atoms with E-state index in [1.54, 1.807) is 66.7 Å². The fourth-order valence-corrected chi connectivity index (χ4v) is 3.57. The Morgan fingerprint density at radius 1 is 0.900 bits per heavy atom. The van der Waals surface area contributed by atoms with Gasteiger partial charge in [0.15, 0.2) is 5.78 Å². The van der Waals surface area contributed by atoms with Crippen LogP contribution in [0.4, 0.5) is 10.1 Å². The molecule has 0 aliphatic carbocycles. The minimum absolute atomic E-state index is 0.0360. The van der Waals surface area contributed by atoms with Gasteiger partial charge in [0.05, 0.1) is 6.04 Å². The molecule has 0 bridgehead atoms. The molecule has 1 aliphatic heterocycles. The van der Waals surface area contributed by atoms with Crippen LogP contribution in [0, 0.1) is 5.82 Å². The van der Waals surface area contributed by atoms with Crippen LogP contribution in [0.3, 0.4) is 0 Å². The summed E-state index contributed by atoms with van der Waals surface area (Å²) in [6.45, 7) is 0. The van der Waals surface area contributed by atoms with Gasteiger partial charge < -0.3 is 15.1 Å². The fourth-order valence-electron chi connectivity index (χ4n) is 3.57. The van der Waals surface area contributed by atoms with Crippen molar-refractivity contribution in [1.29, 1.82) is 0 Å². The number of ketones is 1. The summed E-state index contributed by atoms with van der Waals surface area (Å²) in [5.41, 5.74) is 2.95. The smallest absolute Gasteiger partial charge is 0.160 e. The van der Waals surface area contributed by atoms with Crippen LogP contribution in [0.15, 0.2) is 90.6 Å². The van der Waals surface area contributed by atoms with Crippen molar-refractivity contribution >= 4 is 17.5 Å². The lowest BCUT2D eigenvalue weighted by molar-refractivity contribution is -0.115. The lowest BCUT2D eigenvalue weighted by atomic mass is 9.93. The number of phenols is 2. The molecule has 1 heterocycles. The molecule has 0 radical (unpaired) electrons. The maximum absolute atomic E-state index is 14.0. The summed E-state index contributed by atoms with van der Waals surface area (Å²) in [5, 5.41) is 19.1. The normalized spacial score (nSPS) is 16.7. The molecule has 5 heteroatoms. The van der Waals surface area contributed by atoms with Crippen LogP contribution in [0.1, 0.15) is 23.6 Å². The summed E-state index contributed by atoms with van der Waals surface area (Å²) in [6, 6.07) is 19.3. The van der Waals surface area contributed by atoms with Crippen LogP contribution in [-0.4, -0.2) is 16.0 Å². The molecule has 3 aromatic carbocycles. The fraction of sp³-hybridized carbons (Fsp3) is 0.0800. The van der Waals surface area contributed by atoms with E-state index >= 15 is 0 Å². The number of rotatable bonds is 4. The second-order valence-corrected chi connectivity index (χ2v) is 7.12. The molecular formula is C25H20FNO3. The Bertz CT molecular complexity index is 1120. The Kier molecular flexibility index (Phi) is 5.35. The first-order valence-corrected chi connectivity index (χ1v) is 9.55. The quantitative estimate of drug-likeness (QED) is 0.618. The largest absolute Gasteiger partial charge is 0.508 e. The number of hydrogen-bond acceptors (Lipinski definition) is 4. The second kappa shape index (κ2) is 8.25. The maximum Gasteiger partial charge on any atom is 0.160 e. The zero-order chi connectivity index (χ0) is 21.1. The molecule has 0 spiro atoms. The van der Waals surface area contributed by atoms with E-state index in [-0.39, 0.29) is 35.6 Å². The third kappa shape index (κ3) is 4.25. The van der Waals surface area contributed by atoms with Crippen LogP contribution in [0.5, 0.6) is 11.5 Å². The molecule has 4 rings (SSSR count). The monoisotopic (exact) mass is 401 g/mol. The number of aromatic hydroxyl groups is 2. The molecule has 0 aromatic heterocycles. The van der Waals surface area contributed by atoms with E-state index in [0.29, 0.717) is 11.4 Å². The number of carbonyl (C=O) groups excluding carboxylic acids is 1. The summed E-state index contributed by atoms with van der Waals surface area (Å²) in [4.78, 5) is 14.5. The van der Waals surface area contributed by atoms with E-state index in [1.807, 2.05) is 17.1 Å². The molecule has 1 unspecified atom stereocenters. The van der Waals surface area contributed by atoms with Crippen LogP contribution in [-0.2, 0) is 4.79 Å². The molecule has 150 valence electrons. The number of carbonyl (C=O) groups is 1. The van der Waals surface area contributed by atoms with Gasteiger partial charge in [0, 0.05) is 23.9 Å². The molecule has 1 atom stereocenters. The molecular weight excluding hydrogens is 381 g/mol. The Labute approximate surface area is 173 Å². The van der Waals surface area contributed by atoms with Crippen molar-refractivity contribution in [2.45, 2.75) is 12.5 Å². The predicted molar refractivity (Wildman–Crippen MR) is 115 cm³/mol. The van der Waals surface area contributed by atoms with Crippen LogP contribution < -0.4 is 4.90 Å². The zero-order valence-corrected chi connectivity index (χ0v) is 16.1. The van der Waals surface area contributed by atoms with E-state index < -0.39 is 0 Å². The van der Waals surface area contributed by atoms with Gasteiger partial charge in [0.2, 0.25) is 0 Å². The van der Waals surface area contributed by atoms with Gasteiger partial charge in [-0.2, -0.15) is 0 Å². The summed E-state index contributed by atoms with van der Waals surface area (Å²) in [5.74, 6) is -0.0871. The Balaban J connectivity index is 1.78. The molecule has 30 heavy (non-hydrogen) atoms. The first-order chi connectivity index (χ1) is 14.5. The van der Waals surface area contributed by atoms with E-state index in [2.05, 4.69) is 0 Å². The second-order valence-electron chi connectivity index (χ2n) is 7.12. The Morgan fingerprint density at radius 2 is 1.57 bits per heavy atom. The average molecular weight is 401 g/mol. The van der Waals surface area contributed by atoms with Gasteiger partial charge >= 0.3 is 0 Å². The number of phenolic OH excluding ortho intramolecular Hbond substituents is 2. The molecule has 0 fully saturated rings. The lowest BCUT2D eigenvalue weighted by Gasteiger charge is -2.37. The first-order valence-electron chi connectivity index (χ1n) is 9.55. The average Bonchev–Trinajstić information content (AvgIpc) is 2.73. The van der Waals surface area contributed by atoms with Crippen molar-refractivity contribution in [3.05, 3.63) is 108 Å². The molecule has 4 nitrogen and oxygen atoms in total. The molecule has 1 aliphatic rings. The molecule has 2 N–H and O–H groups in total. The Hall–Kier alpha value is -3.86. The number of nitrogens with zero attached hydrogens (tertiary/aromatic N) is 1. The molecule has 0 saturated heterocycles. The van der Waals surface area contributed by atoms with Crippen molar-refractivity contribution < 1.29 is 19.4 Å². The summed E-state index contributed by atoms with van der Waals surface area (Å²) in [7, 11) is 0. The number of allylic oxidation sites excluding steroid dienone is 2. The van der Waals surface area contributed by atoms with Gasteiger partial charge in [0.25, 0.3) is 0 Å². The van der Waals surface area contributed by atoms with Crippen LogP contribution in [0.2, 0.25) is 0 Å². The third-order valence-corrected chi connectivity index (χ3v) is 5.00. The van der Waals surface area contributed by atoms with Gasteiger partial charge in [0.1, 0.15) is 17.3 Å². The van der Waals surface area contributed by atoms with Gasteiger partial charge in [-0.1, -0.05) is 36.4 Å². The number of benzene rings is 3. The van der Waals surface area contributed by atoms with E-state index in [4.69, 9.17) is 0 Å². The van der Waals surface area contributed by atoms with Crippen molar-refractivity contribution in [1.82, 2.24) is 0 Å². The van der Waals surface area contributed by atoms with Crippen LogP contribution >= 0.6 is 0 Å². The SMILES string of the molecule is O=C1C=C(/C=C/c2ccc(O)cc2)N(c2cccc(F)c2)C(c2ccc(O)cc2)C1. The van der Waals surface area contributed by atoms with E-state index in [0.717, 1.165) is 11.1 Å². The minimum atomic E-state index is -0.365. The highest BCUT2D eigenvalue weighted by atomic mass is 19.1. The Morgan fingerprint density at radius 3 is 2.23 bits per heavy atom. The number of hydrogen-bond donors (Lipinski definition) is 2. The van der Waals surface area contributed by atoms with E-state index in [9.17, 15) is 19.4 Å². The summed E-state index contributed by atoms with van der Waals surface area (Å²) < 4.78 is 14.0. The highest BCUT2D eigenvalue weighted by molar-refractivity contribution is 5.94. The highest BCUT2D eigenvalue weighted by Gasteiger charge is 2.30. The van der Waals surface area contributed by atoms with Crippen molar-refractivity contribution in [2.75, 3.05) is 4.90 Å². The highest BCUT2D eigenvalue weighted by Crippen LogP contribution is 2.38. The topological polar surface area (TPSA) is 60.8 Å². The van der Waals surface area contributed by atoms with Crippen LogP contribution in [0.25, 0.3) is 6.08 Å². The molecule has 0 saturated carbocycles. The first kappa shape index (κ1) is 19.5. The predicted octanol–water partition coefficient (Wildman–Crippen LogP) is 5.35. The summed E-state index contributed by atoms with van der Waals surface area (Å²) in [6.07, 6.45) is 5.43. The standard InChI is InChI=1S/C25H20FNO3/c26-19-2-1-3-20(14-19)27-21(9-4-17-5-10-22(28)11-6-17)15-24(30)16-25(27)18-7-12-23(29)13-8-18/h1-15,25,28-29H,16H2/b9-4+. The van der Waals surface area contributed by atoms with Gasteiger partial charge in [-0.05, 0) is 59.7 Å². The molecule has 0 amide bonds. The number of anilines is 1. The zero-order valence-electron chi connectivity index (χ0n) is 16.1. The third-order valence-electron chi connectivity index (χ3n) is 5.00. The molecule has 3 aromatic rings. The van der Waals surface area contributed by atoms with E-state index in [1.165, 1.54) is 12.1 Å². The lowest BCUT2D eigenvalue weighted by Crippen LogP contribution is -2.33. The minimum Gasteiger partial charge on any atom is -0.508 e. The van der Waals surface area contributed by atoms with Gasteiger partial charge in [-0.3, -0.25) is 4.79 Å². The van der Waals surface area contributed by atoms with Gasteiger partial charge in [-0.25, -0.2) is 4.39 Å². The van der Waals surface area contributed by atoms with Gasteiger partial charge in [-0.15, -0.1) is 0 Å².